The van der Waals surface area contributed by atoms with Crippen LogP contribution in [-0.2, 0) is 25.7 Å². The summed E-state index contributed by atoms with van der Waals surface area (Å²) < 4.78 is 0. The third-order valence-corrected chi connectivity index (χ3v) is 2.98. The van der Waals surface area contributed by atoms with E-state index < -0.39 is 0 Å². The number of hydrogen-bond acceptors (Lipinski definition) is 0. The van der Waals surface area contributed by atoms with Crippen LogP contribution >= 0.6 is 0 Å². The van der Waals surface area contributed by atoms with Crippen LogP contribution in [0.25, 0.3) is 0 Å². The summed E-state index contributed by atoms with van der Waals surface area (Å²) in [5.74, 6) is 0. The summed E-state index contributed by atoms with van der Waals surface area (Å²) in [5.41, 5.74) is 6.03. The Hall–Kier alpha value is -0.780. The van der Waals surface area contributed by atoms with Gasteiger partial charge in [-0.05, 0) is 54.0 Å². The number of hydrogen-bond donors (Lipinski definition) is 0. The smallest absolute Gasteiger partial charge is 0.0143 e. The van der Waals surface area contributed by atoms with Crippen molar-refractivity contribution in [1.82, 2.24) is 0 Å². The van der Waals surface area contributed by atoms with Gasteiger partial charge in [-0.15, -0.1) is 0 Å². The van der Waals surface area contributed by atoms with Crippen LogP contribution in [0.1, 0.15) is 49.9 Å². The minimum Gasteiger partial charge on any atom is -0.0613 e. The first-order valence-electron chi connectivity index (χ1n) is 5.82. The van der Waals surface area contributed by atoms with Gasteiger partial charge in [0.25, 0.3) is 0 Å². The predicted octanol–water partition coefficient (Wildman–Crippen LogP) is 3.74. The summed E-state index contributed by atoms with van der Waals surface area (Å²) >= 11 is 0. The molecule has 0 aromatic heterocycles. The first-order chi connectivity index (χ1) is 6.78. The maximum absolute atomic E-state index is 3.43. The molecule has 1 aromatic carbocycles. The average Bonchev–Trinajstić information content (AvgIpc) is 2.26. The van der Waals surface area contributed by atoms with Crippen LogP contribution in [0.5, 0.6) is 0 Å². The van der Waals surface area contributed by atoms with Gasteiger partial charge in [-0.1, -0.05) is 33.8 Å². The van der Waals surface area contributed by atoms with E-state index in [4.69, 9.17) is 0 Å². The third kappa shape index (κ3) is 2.00. The number of benzene rings is 1. The van der Waals surface area contributed by atoms with Crippen LogP contribution in [-0.4, -0.2) is 0 Å². The van der Waals surface area contributed by atoms with Crippen LogP contribution < -0.4 is 0 Å². The molecule has 0 saturated carbocycles. The molecule has 0 aliphatic heterocycles. The van der Waals surface area contributed by atoms with Crippen molar-refractivity contribution in [3.05, 3.63) is 34.4 Å². The van der Waals surface area contributed by atoms with E-state index in [1.165, 1.54) is 11.1 Å². The molecule has 0 N–H and O–H groups in total. The van der Waals surface area contributed by atoms with Crippen molar-refractivity contribution in [3.63, 3.8) is 0 Å². The summed E-state index contributed by atoms with van der Waals surface area (Å²) in [6.45, 7) is 8.96. The number of aryl methyl sites for hydroxylation is 2. The van der Waals surface area contributed by atoms with Gasteiger partial charge >= 0.3 is 0 Å². The fraction of sp³-hybridized carbons (Fsp3) is 0.571. The molecule has 0 fully saturated rings. The third-order valence-electron chi connectivity index (χ3n) is 2.98. The van der Waals surface area contributed by atoms with Crippen molar-refractivity contribution >= 4 is 0 Å². The average molecular weight is 189 g/mol. The van der Waals surface area contributed by atoms with E-state index in [9.17, 15) is 0 Å². The van der Waals surface area contributed by atoms with E-state index in [2.05, 4.69) is 39.8 Å². The second-order valence-corrected chi connectivity index (χ2v) is 3.66. The first-order valence-corrected chi connectivity index (χ1v) is 5.82. The van der Waals surface area contributed by atoms with Gasteiger partial charge in [0.15, 0.2) is 0 Å². The van der Waals surface area contributed by atoms with Crippen molar-refractivity contribution in [2.75, 3.05) is 0 Å². The summed E-state index contributed by atoms with van der Waals surface area (Å²) in [4.78, 5) is 0. The van der Waals surface area contributed by atoms with Gasteiger partial charge in [-0.25, -0.2) is 0 Å². The highest BCUT2D eigenvalue weighted by molar-refractivity contribution is 5.40. The lowest BCUT2D eigenvalue weighted by atomic mass is 9.90. The molecule has 0 heterocycles. The Morgan fingerprint density at radius 2 is 1.50 bits per heavy atom. The normalized spacial score (nSPS) is 10.6. The van der Waals surface area contributed by atoms with Crippen LogP contribution in [0.15, 0.2) is 6.07 Å². The number of rotatable bonds is 4. The standard InChI is InChI=1S/C14H21/c1-5-11-9-10-12(6-2)14(8-4)13(11)7-3/h9H,5-8H2,1-4H3. The summed E-state index contributed by atoms with van der Waals surface area (Å²) in [7, 11) is 0. The van der Waals surface area contributed by atoms with Crippen LogP contribution in [0, 0.1) is 6.07 Å². The zero-order valence-corrected chi connectivity index (χ0v) is 9.91. The van der Waals surface area contributed by atoms with Gasteiger partial charge in [-0.2, -0.15) is 0 Å². The van der Waals surface area contributed by atoms with E-state index in [1.807, 2.05) is 0 Å². The lowest BCUT2D eigenvalue weighted by Gasteiger charge is -2.15. The first kappa shape index (κ1) is 11.3. The van der Waals surface area contributed by atoms with Gasteiger partial charge in [0, 0.05) is 0 Å². The van der Waals surface area contributed by atoms with E-state index in [0.29, 0.717) is 0 Å². The lowest BCUT2D eigenvalue weighted by Crippen LogP contribution is -2.02. The SMILES string of the molecule is CCc1[c]cc(CC)c(CC)c1CC. The molecule has 0 spiro atoms. The Morgan fingerprint density at radius 1 is 0.857 bits per heavy atom. The molecule has 14 heavy (non-hydrogen) atoms. The summed E-state index contributed by atoms with van der Waals surface area (Å²) in [6.07, 6.45) is 4.56. The second kappa shape index (κ2) is 5.19. The minimum absolute atomic E-state index is 1.11. The second-order valence-electron chi connectivity index (χ2n) is 3.66. The van der Waals surface area contributed by atoms with Gasteiger partial charge in [0.05, 0.1) is 0 Å². The van der Waals surface area contributed by atoms with Crippen LogP contribution in [0.3, 0.4) is 0 Å². The van der Waals surface area contributed by atoms with Gasteiger partial charge < -0.3 is 0 Å². The van der Waals surface area contributed by atoms with E-state index in [0.717, 1.165) is 25.7 Å². The Kier molecular flexibility index (Phi) is 4.19. The van der Waals surface area contributed by atoms with Crippen LogP contribution in [0.2, 0.25) is 0 Å². The molecule has 1 aromatic rings. The van der Waals surface area contributed by atoms with Crippen LogP contribution in [0.4, 0.5) is 0 Å². The molecular weight excluding hydrogens is 168 g/mol. The fourth-order valence-corrected chi connectivity index (χ4v) is 2.22. The molecule has 1 rings (SSSR count). The van der Waals surface area contributed by atoms with E-state index in [1.54, 1.807) is 11.1 Å². The molecule has 0 aliphatic rings. The Balaban J connectivity index is 3.28. The molecule has 77 valence electrons. The largest absolute Gasteiger partial charge is 0.0613 e. The highest BCUT2D eigenvalue weighted by Gasteiger charge is 2.08. The van der Waals surface area contributed by atoms with Crippen molar-refractivity contribution < 1.29 is 0 Å². The highest BCUT2D eigenvalue weighted by atomic mass is 14.1. The highest BCUT2D eigenvalue weighted by Crippen LogP contribution is 2.21. The Morgan fingerprint density at radius 3 is 1.93 bits per heavy atom. The maximum Gasteiger partial charge on any atom is -0.0143 e. The monoisotopic (exact) mass is 189 g/mol. The minimum atomic E-state index is 1.11. The van der Waals surface area contributed by atoms with Gasteiger partial charge in [0.2, 0.25) is 0 Å². The van der Waals surface area contributed by atoms with Crippen molar-refractivity contribution in [3.8, 4) is 0 Å². The molecule has 0 atom stereocenters. The molecule has 0 nitrogen and oxygen atoms in total. The summed E-state index contributed by atoms with van der Waals surface area (Å²) in [5, 5.41) is 0. The van der Waals surface area contributed by atoms with Crippen molar-refractivity contribution in [2.45, 2.75) is 53.4 Å². The van der Waals surface area contributed by atoms with Gasteiger partial charge in [-0.3, -0.25) is 0 Å². The zero-order chi connectivity index (χ0) is 10.6. The fourth-order valence-electron chi connectivity index (χ4n) is 2.22. The molecule has 0 bridgehead atoms. The lowest BCUT2D eigenvalue weighted by molar-refractivity contribution is 0.943. The molecular formula is C14H21. The van der Waals surface area contributed by atoms with Crippen molar-refractivity contribution in [1.29, 1.82) is 0 Å². The topological polar surface area (TPSA) is 0 Å². The molecule has 0 aliphatic carbocycles. The zero-order valence-electron chi connectivity index (χ0n) is 9.91. The molecule has 0 amide bonds. The van der Waals surface area contributed by atoms with E-state index >= 15 is 0 Å². The van der Waals surface area contributed by atoms with Gasteiger partial charge in [0.1, 0.15) is 0 Å². The quantitative estimate of drug-likeness (QED) is 0.677. The molecule has 0 unspecified atom stereocenters. The van der Waals surface area contributed by atoms with E-state index in [-0.39, 0.29) is 0 Å². The molecule has 0 heteroatoms. The Bertz CT molecular complexity index is 266. The predicted molar refractivity (Wildman–Crippen MR) is 62.8 cm³/mol. The molecule has 1 radical (unpaired) electrons. The summed E-state index contributed by atoms with van der Waals surface area (Å²) in [6, 6.07) is 5.62. The van der Waals surface area contributed by atoms with Crippen molar-refractivity contribution in [2.24, 2.45) is 0 Å². The maximum atomic E-state index is 3.43. The molecule has 0 saturated heterocycles. The Labute approximate surface area is 88.4 Å².